The van der Waals surface area contributed by atoms with E-state index in [2.05, 4.69) is 16.0 Å². The molecule has 1 atom stereocenters. The Morgan fingerprint density at radius 1 is 1.24 bits per heavy atom. The smallest absolute Gasteiger partial charge is 0.255 e. The van der Waals surface area contributed by atoms with E-state index >= 15 is 0 Å². The Morgan fingerprint density at radius 3 is 2.72 bits per heavy atom. The average Bonchev–Trinajstić information content (AvgIpc) is 2.56. The van der Waals surface area contributed by atoms with Crippen LogP contribution in [0.1, 0.15) is 18.5 Å². The van der Waals surface area contributed by atoms with Gasteiger partial charge in [0.1, 0.15) is 5.82 Å². The molecule has 25 heavy (non-hydrogen) atoms. The molecule has 0 saturated heterocycles. The summed E-state index contributed by atoms with van der Waals surface area (Å²) < 4.78 is 13.6. The van der Waals surface area contributed by atoms with Gasteiger partial charge in [0, 0.05) is 5.70 Å². The first kappa shape index (κ1) is 17.4. The molecular formula is C18H15ClFN3OS. The number of para-hydroxylation sites is 1. The number of halogens is 2. The largest absolute Gasteiger partial charge is 0.351 e. The molecule has 1 aliphatic rings. The Kier molecular flexibility index (Phi) is 5.01. The van der Waals surface area contributed by atoms with Gasteiger partial charge in [0.15, 0.2) is 5.11 Å². The Morgan fingerprint density at radius 2 is 2.00 bits per heavy atom. The van der Waals surface area contributed by atoms with E-state index in [1.807, 2.05) is 0 Å². The molecule has 0 saturated carbocycles. The first-order valence-corrected chi connectivity index (χ1v) is 8.34. The van der Waals surface area contributed by atoms with Crippen molar-refractivity contribution in [2.24, 2.45) is 0 Å². The molecule has 0 aromatic heterocycles. The molecule has 2 aromatic carbocycles. The summed E-state index contributed by atoms with van der Waals surface area (Å²) in [6.07, 6.45) is 0. The van der Waals surface area contributed by atoms with Gasteiger partial charge in [-0.1, -0.05) is 35.9 Å². The van der Waals surface area contributed by atoms with Crippen LogP contribution in [-0.4, -0.2) is 11.0 Å². The molecular weight excluding hydrogens is 361 g/mol. The molecule has 0 unspecified atom stereocenters. The highest BCUT2D eigenvalue weighted by Gasteiger charge is 2.30. The van der Waals surface area contributed by atoms with E-state index in [1.54, 1.807) is 43.3 Å². The molecule has 0 spiro atoms. The van der Waals surface area contributed by atoms with Crippen molar-refractivity contribution in [3.05, 3.63) is 76.2 Å². The number of amides is 1. The monoisotopic (exact) mass is 375 g/mol. The number of carbonyl (C=O) groups excluding carboxylic acids is 1. The summed E-state index contributed by atoms with van der Waals surface area (Å²) in [5.41, 5.74) is 2.12. The number of benzene rings is 2. The third kappa shape index (κ3) is 3.81. The second-order valence-electron chi connectivity index (χ2n) is 5.56. The SMILES string of the molecule is CC1=C(C(=O)Nc2ccccc2Cl)[C@@H](c2cccc(F)c2)NC(=S)N1. The lowest BCUT2D eigenvalue weighted by Crippen LogP contribution is -2.45. The number of thiocarbonyl (C=S) groups is 1. The minimum absolute atomic E-state index is 0.345. The van der Waals surface area contributed by atoms with Crippen LogP contribution in [0.2, 0.25) is 5.02 Å². The van der Waals surface area contributed by atoms with Gasteiger partial charge in [-0.05, 0) is 49.0 Å². The number of carbonyl (C=O) groups is 1. The molecule has 4 nitrogen and oxygen atoms in total. The molecule has 0 aliphatic carbocycles. The van der Waals surface area contributed by atoms with Crippen LogP contribution in [0, 0.1) is 5.82 Å². The Bertz CT molecular complexity index is 884. The molecule has 0 radical (unpaired) electrons. The zero-order valence-corrected chi connectivity index (χ0v) is 14.8. The molecule has 0 fully saturated rings. The summed E-state index contributed by atoms with van der Waals surface area (Å²) in [6.45, 7) is 1.75. The van der Waals surface area contributed by atoms with E-state index in [0.717, 1.165) is 0 Å². The van der Waals surface area contributed by atoms with Gasteiger partial charge in [-0.25, -0.2) is 4.39 Å². The van der Waals surface area contributed by atoms with Crippen molar-refractivity contribution in [1.82, 2.24) is 10.6 Å². The Labute approximate surface area is 155 Å². The van der Waals surface area contributed by atoms with Crippen molar-refractivity contribution >= 4 is 40.5 Å². The molecule has 128 valence electrons. The maximum atomic E-state index is 13.6. The molecule has 2 aromatic rings. The molecule has 0 bridgehead atoms. The van der Waals surface area contributed by atoms with Crippen LogP contribution in [0.25, 0.3) is 0 Å². The Balaban J connectivity index is 1.97. The third-order valence-corrected chi connectivity index (χ3v) is 4.37. The fourth-order valence-electron chi connectivity index (χ4n) is 2.68. The fraction of sp³-hybridized carbons (Fsp3) is 0.111. The van der Waals surface area contributed by atoms with Gasteiger partial charge in [-0.3, -0.25) is 4.79 Å². The van der Waals surface area contributed by atoms with Crippen LogP contribution in [0.4, 0.5) is 10.1 Å². The first-order valence-electron chi connectivity index (χ1n) is 7.55. The minimum Gasteiger partial charge on any atom is -0.351 e. The molecule has 3 N–H and O–H groups in total. The van der Waals surface area contributed by atoms with Crippen molar-refractivity contribution in [2.45, 2.75) is 13.0 Å². The quantitative estimate of drug-likeness (QED) is 0.712. The van der Waals surface area contributed by atoms with Gasteiger partial charge in [0.05, 0.1) is 22.3 Å². The van der Waals surface area contributed by atoms with Crippen molar-refractivity contribution in [3.63, 3.8) is 0 Å². The van der Waals surface area contributed by atoms with Crippen molar-refractivity contribution in [2.75, 3.05) is 5.32 Å². The zero-order valence-electron chi connectivity index (χ0n) is 13.3. The lowest BCUT2D eigenvalue weighted by Gasteiger charge is -2.30. The van der Waals surface area contributed by atoms with Crippen LogP contribution < -0.4 is 16.0 Å². The van der Waals surface area contributed by atoms with Crippen LogP contribution in [0.3, 0.4) is 0 Å². The molecule has 1 aliphatic heterocycles. The van der Waals surface area contributed by atoms with Gasteiger partial charge in [-0.2, -0.15) is 0 Å². The maximum Gasteiger partial charge on any atom is 0.255 e. The molecule has 7 heteroatoms. The van der Waals surface area contributed by atoms with Crippen molar-refractivity contribution < 1.29 is 9.18 Å². The van der Waals surface area contributed by atoms with Crippen molar-refractivity contribution in [1.29, 1.82) is 0 Å². The highest BCUT2D eigenvalue weighted by molar-refractivity contribution is 7.80. The normalized spacial score (nSPS) is 16.9. The number of rotatable bonds is 3. The van der Waals surface area contributed by atoms with E-state index in [1.165, 1.54) is 12.1 Å². The highest BCUT2D eigenvalue weighted by atomic mass is 35.5. The fourth-order valence-corrected chi connectivity index (χ4v) is 3.14. The number of allylic oxidation sites excluding steroid dienone is 1. The minimum atomic E-state index is -0.563. The second kappa shape index (κ2) is 7.21. The van der Waals surface area contributed by atoms with Gasteiger partial charge in [-0.15, -0.1) is 0 Å². The number of anilines is 1. The number of hydrogen-bond acceptors (Lipinski definition) is 2. The van der Waals surface area contributed by atoms with E-state index in [0.29, 0.717) is 32.7 Å². The molecule has 3 rings (SSSR count). The summed E-state index contributed by atoms with van der Waals surface area (Å²) in [5, 5.41) is 9.56. The summed E-state index contributed by atoms with van der Waals surface area (Å²) in [7, 11) is 0. The van der Waals surface area contributed by atoms with Gasteiger partial charge in [0.25, 0.3) is 5.91 Å². The first-order chi connectivity index (χ1) is 12.0. The van der Waals surface area contributed by atoms with Crippen LogP contribution in [0.5, 0.6) is 0 Å². The van der Waals surface area contributed by atoms with Crippen LogP contribution in [0.15, 0.2) is 59.8 Å². The van der Waals surface area contributed by atoms with E-state index in [4.69, 9.17) is 23.8 Å². The predicted molar refractivity (Wildman–Crippen MR) is 101 cm³/mol. The average molecular weight is 376 g/mol. The molecule has 1 amide bonds. The summed E-state index contributed by atoms with van der Waals surface area (Å²) in [4.78, 5) is 12.9. The maximum absolute atomic E-state index is 13.6. The predicted octanol–water partition coefficient (Wildman–Crippen LogP) is 3.91. The highest BCUT2D eigenvalue weighted by Crippen LogP contribution is 2.29. The van der Waals surface area contributed by atoms with Gasteiger partial charge in [0.2, 0.25) is 0 Å². The summed E-state index contributed by atoms with van der Waals surface area (Å²) in [5.74, 6) is -0.727. The number of nitrogens with one attached hydrogen (secondary N) is 3. The van der Waals surface area contributed by atoms with Crippen LogP contribution in [-0.2, 0) is 4.79 Å². The topological polar surface area (TPSA) is 53.2 Å². The Hall–Kier alpha value is -2.44. The van der Waals surface area contributed by atoms with E-state index < -0.39 is 6.04 Å². The van der Waals surface area contributed by atoms with Crippen molar-refractivity contribution in [3.8, 4) is 0 Å². The lowest BCUT2D eigenvalue weighted by molar-refractivity contribution is -0.113. The third-order valence-electron chi connectivity index (χ3n) is 3.82. The van der Waals surface area contributed by atoms with Crippen LogP contribution >= 0.6 is 23.8 Å². The van der Waals surface area contributed by atoms with Gasteiger partial charge >= 0.3 is 0 Å². The standard InChI is InChI=1S/C18H15ClFN3OS/c1-10-15(17(24)22-14-8-3-2-7-13(14)19)16(23-18(25)21-10)11-5-4-6-12(20)9-11/h2-9,16H,1H3,(H,22,24)(H2,21,23,25)/t16-/m1/s1. The number of hydrogen-bond donors (Lipinski definition) is 3. The summed E-state index contributed by atoms with van der Waals surface area (Å²) >= 11 is 11.3. The second-order valence-corrected chi connectivity index (χ2v) is 6.37. The van der Waals surface area contributed by atoms with Gasteiger partial charge < -0.3 is 16.0 Å². The summed E-state index contributed by atoms with van der Waals surface area (Å²) in [6, 6.07) is 12.5. The zero-order chi connectivity index (χ0) is 18.0. The van der Waals surface area contributed by atoms with E-state index in [-0.39, 0.29) is 11.7 Å². The lowest BCUT2D eigenvalue weighted by atomic mass is 9.95. The van der Waals surface area contributed by atoms with E-state index in [9.17, 15) is 9.18 Å². The molecule has 1 heterocycles.